The zero-order chi connectivity index (χ0) is 20.3. The van der Waals surface area contributed by atoms with Crippen LogP contribution in [0.2, 0.25) is 0 Å². The molecule has 3 rings (SSSR count). The number of hydrogen-bond acceptors (Lipinski definition) is 4. The number of ether oxygens (including phenoxy) is 1. The van der Waals surface area contributed by atoms with Crippen molar-refractivity contribution in [2.45, 2.75) is 64.7 Å². The van der Waals surface area contributed by atoms with Crippen molar-refractivity contribution in [1.29, 1.82) is 0 Å². The van der Waals surface area contributed by atoms with Crippen LogP contribution in [0.3, 0.4) is 0 Å². The molecule has 0 spiro atoms. The molecule has 1 aromatic heterocycles. The summed E-state index contributed by atoms with van der Waals surface area (Å²) in [6, 6.07) is 0. The first-order valence-corrected chi connectivity index (χ1v) is 10.7. The molecule has 3 heterocycles. The van der Waals surface area contributed by atoms with Crippen LogP contribution in [0.15, 0.2) is 17.4 Å². The fraction of sp³-hybridized carbons (Fsp3) is 0.810. The summed E-state index contributed by atoms with van der Waals surface area (Å²) >= 11 is 0. The van der Waals surface area contributed by atoms with E-state index in [4.69, 9.17) is 9.73 Å². The lowest BCUT2D eigenvalue weighted by Crippen LogP contribution is -2.56. The molecule has 3 atom stereocenters. The molecule has 7 nitrogen and oxygen atoms in total. The van der Waals surface area contributed by atoms with Gasteiger partial charge in [0.15, 0.2) is 5.96 Å². The first-order chi connectivity index (χ1) is 13.3. The van der Waals surface area contributed by atoms with Gasteiger partial charge in [0.2, 0.25) is 0 Å². The maximum absolute atomic E-state index is 5.91. The number of morpholine rings is 1. The van der Waals surface area contributed by atoms with Gasteiger partial charge in [0, 0.05) is 57.4 Å². The standard InChI is InChI=1S/C21H38N6O.HI/c1-7-22-20(26-9-8-18(14-26)19-10-24-25(6)13-19)23-15-21(4,5)27-11-16(2)28-17(3)12-27;/h10,13,16-18H,7-9,11-12,14-15H2,1-6H3,(H,22,23);1H. The number of nitrogens with one attached hydrogen (secondary N) is 1. The van der Waals surface area contributed by atoms with Gasteiger partial charge < -0.3 is 15.0 Å². The number of rotatable bonds is 5. The van der Waals surface area contributed by atoms with Crippen molar-refractivity contribution >= 4 is 29.9 Å². The highest BCUT2D eigenvalue weighted by atomic mass is 127. The molecule has 0 radical (unpaired) electrons. The van der Waals surface area contributed by atoms with Crippen molar-refractivity contribution in [2.24, 2.45) is 12.0 Å². The number of aryl methyl sites for hydroxylation is 1. The lowest BCUT2D eigenvalue weighted by atomic mass is 10.0. The van der Waals surface area contributed by atoms with E-state index in [0.29, 0.717) is 5.92 Å². The van der Waals surface area contributed by atoms with Crippen LogP contribution in [0.25, 0.3) is 0 Å². The fourth-order valence-electron chi connectivity index (χ4n) is 4.34. The predicted molar refractivity (Wildman–Crippen MR) is 129 cm³/mol. The van der Waals surface area contributed by atoms with Gasteiger partial charge in [0.05, 0.1) is 24.9 Å². The first-order valence-electron chi connectivity index (χ1n) is 10.7. The van der Waals surface area contributed by atoms with Crippen LogP contribution in [0, 0.1) is 0 Å². The first kappa shape index (κ1) is 24.4. The summed E-state index contributed by atoms with van der Waals surface area (Å²) in [5, 5.41) is 7.84. The Kier molecular flexibility index (Phi) is 8.78. The van der Waals surface area contributed by atoms with E-state index in [9.17, 15) is 0 Å². The minimum Gasteiger partial charge on any atom is -0.373 e. The third kappa shape index (κ3) is 6.30. The number of nitrogens with zero attached hydrogens (tertiary/aromatic N) is 5. The number of hydrogen-bond donors (Lipinski definition) is 1. The van der Waals surface area contributed by atoms with E-state index < -0.39 is 0 Å². The smallest absolute Gasteiger partial charge is 0.194 e. The van der Waals surface area contributed by atoms with Gasteiger partial charge in [-0.05, 0) is 46.6 Å². The van der Waals surface area contributed by atoms with Crippen LogP contribution in [-0.2, 0) is 11.8 Å². The molecule has 0 aromatic carbocycles. The number of aromatic nitrogens is 2. The lowest BCUT2D eigenvalue weighted by molar-refractivity contribution is -0.0939. The molecule has 2 aliphatic rings. The van der Waals surface area contributed by atoms with E-state index in [2.05, 4.69) is 61.0 Å². The quantitative estimate of drug-likeness (QED) is 0.369. The summed E-state index contributed by atoms with van der Waals surface area (Å²) in [5.41, 5.74) is 1.34. The van der Waals surface area contributed by atoms with E-state index in [1.807, 2.05) is 17.9 Å². The van der Waals surface area contributed by atoms with Crippen LogP contribution in [-0.4, -0.2) is 82.6 Å². The predicted octanol–water partition coefficient (Wildman–Crippen LogP) is 2.68. The Labute approximate surface area is 193 Å². The van der Waals surface area contributed by atoms with Crippen molar-refractivity contribution in [3.63, 3.8) is 0 Å². The summed E-state index contributed by atoms with van der Waals surface area (Å²) in [5.74, 6) is 1.57. The maximum atomic E-state index is 5.91. The Morgan fingerprint density at radius 3 is 2.55 bits per heavy atom. The SMILES string of the molecule is CCNC(=NCC(C)(C)N1CC(C)OC(C)C1)N1CCC(c2cnn(C)c2)C1.I. The van der Waals surface area contributed by atoms with E-state index in [0.717, 1.165) is 51.6 Å². The van der Waals surface area contributed by atoms with Crippen molar-refractivity contribution in [3.8, 4) is 0 Å². The summed E-state index contributed by atoms with van der Waals surface area (Å²) in [6.07, 6.45) is 5.85. The Morgan fingerprint density at radius 2 is 1.97 bits per heavy atom. The van der Waals surface area contributed by atoms with Crippen LogP contribution >= 0.6 is 24.0 Å². The zero-order valence-electron chi connectivity index (χ0n) is 18.9. The van der Waals surface area contributed by atoms with E-state index >= 15 is 0 Å². The molecule has 0 amide bonds. The zero-order valence-corrected chi connectivity index (χ0v) is 21.2. The largest absolute Gasteiger partial charge is 0.373 e. The fourth-order valence-corrected chi connectivity index (χ4v) is 4.34. The minimum absolute atomic E-state index is 0. The van der Waals surface area contributed by atoms with Crippen molar-refractivity contribution in [2.75, 3.05) is 39.3 Å². The monoisotopic (exact) mass is 518 g/mol. The molecular formula is C21H39IN6O. The third-order valence-electron chi connectivity index (χ3n) is 5.91. The molecule has 1 N–H and O–H groups in total. The van der Waals surface area contributed by atoms with E-state index in [-0.39, 0.29) is 41.7 Å². The molecule has 2 fully saturated rings. The van der Waals surface area contributed by atoms with Crippen molar-refractivity contribution < 1.29 is 4.74 Å². The van der Waals surface area contributed by atoms with Crippen LogP contribution in [0.4, 0.5) is 0 Å². The summed E-state index contributed by atoms with van der Waals surface area (Å²) in [7, 11) is 1.98. The Hall–Kier alpha value is -0.870. The number of guanidine groups is 1. The second-order valence-electron chi connectivity index (χ2n) is 9.02. The topological polar surface area (TPSA) is 57.9 Å². The Morgan fingerprint density at radius 1 is 1.28 bits per heavy atom. The normalized spacial score (nSPS) is 26.5. The van der Waals surface area contributed by atoms with Crippen LogP contribution in [0.1, 0.15) is 52.5 Å². The summed E-state index contributed by atoms with van der Waals surface area (Å²) in [6.45, 7) is 16.7. The molecule has 8 heteroatoms. The highest BCUT2D eigenvalue weighted by molar-refractivity contribution is 14.0. The number of likely N-dealkylation sites (tertiary alicyclic amines) is 1. The van der Waals surface area contributed by atoms with Gasteiger partial charge in [0.25, 0.3) is 0 Å². The molecule has 0 bridgehead atoms. The van der Waals surface area contributed by atoms with Gasteiger partial charge in [0.1, 0.15) is 0 Å². The highest BCUT2D eigenvalue weighted by Gasteiger charge is 2.34. The molecule has 2 saturated heterocycles. The van der Waals surface area contributed by atoms with Gasteiger partial charge >= 0.3 is 0 Å². The minimum atomic E-state index is 0. The number of halogens is 1. The summed E-state index contributed by atoms with van der Waals surface area (Å²) in [4.78, 5) is 9.99. The van der Waals surface area contributed by atoms with E-state index in [1.165, 1.54) is 5.56 Å². The molecule has 3 unspecified atom stereocenters. The average Bonchev–Trinajstić information content (AvgIpc) is 3.26. The average molecular weight is 518 g/mol. The van der Waals surface area contributed by atoms with Crippen molar-refractivity contribution in [3.05, 3.63) is 18.0 Å². The second-order valence-corrected chi connectivity index (χ2v) is 9.02. The Bertz CT molecular complexity index is 666. The van der Waals surface area contributed by atoms with Gasteiger partial charge in [-0.15, -0.1) is 24.0 Å². The van der Waals surface area contributed by atoms with Gasteiger partial charge in [-0.1, -0.05) is 0 Å². The molecule has 0 aliphatic carbocycles. The van der Waals surface area contributed by atoms with Gasteiger partial charge in [-0.3, -0.25) is 14.6 Å². The van der Waals surface area contributed by atoms with E-state index in [1.54, 1.807) is 0 Å². The van der Waals surface area contributed by atoms with Gasteiger partial charge in [-0.2, -0.15) is 5.10 Å². The Balaban J connectivity index is 0.00000300. The van der Waals surface area contributed by atoms with Crippen molar-refractivity contribution in [1.82, 2.24) is 24.9 Å². The molecular weight excluding hydrogens is 479 g/mol. The molecule has 29 heavy (non-hydrogen) atoms. The van der Waals surface area contributed by atoms with Crippen LogP contribution < -0.4 is 5.32 Å². The number of aliphatic imine (C=N–C) groups is 1. The third-order valence-corrected chi connectivity index (χ3v) is 5.91. The molecule has 2 aliphatic heterocycles. The second kappa shape index (κ2) is 10.4. The molecule has 0 saturated carbocycles. The summed E-state index contributed by atoms with van der Waals surface area (Å²) < 4.78 is 7.80. The lowest BCUT2D eigenvalue weighted by Gasteiger charge is -2.44. The van der Waals surface area contributed by atoms with Crippen LogP contribution in [0.5, 0.6) is 0 Å². The molecule has 1 aromatic rings. The highest BCUT2D eigenvalue weighted by Crippen LogP contribution is 2.27. The maximum Gasteiger partial charge on any atom is 0.194 e. The van der Waals surface area contributed by atoms with Gasteiger partial charge in [-0.25, -0.2) is 0 Å². The molecule has 166 valence electrons.